The molecule has 0 aliphatic carbocycles. The molecule has 3 N–H and O–H groups in total. The fourth-order valence-corrected chi connectivity index (χ4v) is 1.76. The third-order valence-corrected chi connectivity index (χ3v) is 2.65. The molecule has 0 aliphatic heterocycles. The average molecular weight is 219 g/mol. The number of nitrogens with two attached hydrogens (primary N) is 1. The quantitative estimate of drug-likeness (QED) is 0.790. The average Bonchev–Trinajstić information content (AvgIpc) is 2.53. The topological polar surface area (TPSA) is 80.6 Å². The monoisotopic (exact) mass is 219 g/mol. The number of imidazole rings is 1. The van der Waals surface area contributed by atoms with E-state index in [1.165, 1.54) is 0 Å². The van der Waals surface area contributed by atoms with Gasteiger partial charge in [0.25, 0.3) is 0 Å². The highest BCUT2D eigenvalue weighted by atomic mass is 16.4. The molecule has 0 bridgehead atoms. The third-order valence-electron chi connectivity index (χ3n) is 2.65. The summed E-state index contributed by atoms with van der Waals surface area (Å²) in [6, 6.07) is 2.57. The summed E-state index contributed by atoms with van der Waals surface area (Å²) in [5.41, 5.74) is 8.02. The number of fused-ring (bicyclic) bond motifs is 1. The Kier molecular flexibility index (Phi) is 2.40. The maximum atomic E-state index is 10.8. The van der Waals surface area contributed by atoms with Crippen LogP contribution in [0.15, 0.2) is 18.3 Å². The minimum atomic E-state index is -1.03. The van der Waals surface area contributed by atoms with Gasteiger partial charge in [0.1, 0.15) is 11.9 Å². The van der Waals surface area contributed by atoms with Gasteiger partial charge in [-0.25, -0.2) is 4.98 Å². The smallest absolute Gasteiger partial charge is 0.325 e. The van der Waals surface area contributed by atoms with E-state index in [1.54, 1.807) is 12.3 Å². The van der Waals surface area contributed by atoms with E-state index in [9.17, 15) is 4.79 Å². The highest BCUT2D eigenvalue weighted by molar-refractivity contribution is 5.75. The Labute approximate surface area is 92.5 Å². The number of carboxylic acids is 1. The van der Waals surface area contributed by atoms with Gasteiger partial charge in [-0.1, -0.05) is 6.07 Å². The molecule has 5 heteroatoms. The van der Waals surface area contributed by atoms with Crippen LogP contribution in [0, 0.1) is 13.8 Å². The molecule has 0 saturated heterocycles. The molecule has 2 aromatic rings. The van der Waals surface area contributed by atoms with Crippen molar-refractivity contribution >= 4 is 11.5 Å². The molecule has 1 unspecified atom stereocenters. The van der Waals surface area contributed by atoms with Gasteiger partial charge in [-0.3, -0.25) is 4.79 Å². The van der Waals surface area contributed by atoms with Crippen molar-refractivity contribution in [3.05, 3.63) is 35.4 Å². The van der Waals surface area contributed by atoms with Crippen LogP contribution in [0.2, 0.25) is 0 Å². The standard InChI is InChI=1S/C11H13N3O2/c1-6-9-4-3-8(10(12)11(15)16)5-14(9)7(2)13-6/h3-5,10H,12H2,1-2H3,(H,15,16). The van der Waals surface area contributed by atoms with Crippen LogP contribution in [-0.2, 0) is 4.79 Å². The normalized spacial score (nSPS) is 12.9. The van der Waals surface area contributed by atoms with E-state index >= 15 is 0 Å². The fraction of sp³-hybridized carbons (Fsp3) is 0.273. The lowest BCUT2D eigenvalue weighted by molar-refractivity contribution is -0.138. The highest BCUT2D eigenvalue weighted by Gasteiger charge is 2.15. The van der Waals surface area contributed by atoms with Gasteiger partial charge < -0.3 is 15.2 Å². The highest BCUT2D eigenvalue weighted by Crippen LogP contribution is 2.16. The summed E-state index contributed by atoms with van der Waals surface area (Å²) in [7, 11) is 0. The van der Waals surface area contributed by atoms with Crippen LogP contribution < -0.4 is 5.73 Å². The molecule has 2 aromatic heterocycles. The number of carboxylic acid groups (broad SMARTS) is 1. The maximum absolute atomic E-state index is 10.8. The van der Waals surface area contributed by atoms with Crippen LogP contribution >= 0.6 is 0 Å². The Morgan fingerprint density at radius 3 is 2.81 bits per heavy atom. The zero-order valence-electron chi connectivity index (χ0n) is 9.14. The van der Waals surface area contributed by atoms with Crippen LogP contribution in [0.5, 0.6) is 0 Å². The number of pyridine rings is 1. The molecule has 0 radical (unpaired) electrons. The molecular weight excluding hydrogens is 206 g/mol. The molecule has 0 aromatic carbocycles. The fourth-order valence-electron chi connectivity index (χ4n) is 1.76. The lowest BCUT2D eigenvalue weighted by atomic mass is 10.1. The number of hydrogen-bond donors (Lipinski definition) is 2. The van der Waals surface area contributed by atoms with E-state index in [0.29, 0.717) is 5.56 Å². The first-order valence-corrected chi connectivity index (χ1v) is 4.94. The number of carbonyl (C=O) groups is 1. The largest absolute Gasteiger partial charge is 0.480 e. The Balaban J connectivity index is 2.60. The second-order valence-corrected chi connectivity index (χ2v) is 3.78. The summed E-state index contributed by atoms with van der Waals surface area (Å²) in [5, 5.41) is 8.83. The number of aryl methyl sites for hydroxylation is 2. The number of aliphatic carboxylic acids is 1. The van der Waals surface area contributed by atoms with Crippen LogP contribution in [0.4, 0.5) is 0 Å². The van der Waals surface area contributed by atoms with Crippen molar-refractivity contribution < 1.29 is 9.90 Å². The van der Waals surface area contributed by atoms with E-state index < -0.39 is 12.0 Å². The Morgan fingerprint density at radius 2 is 2.19 bits per heavy atom. The van der Waals surface area contributed by atoms with Gasteiger partial charge in [-0.15, -0.1) is 0 Å². The molecule has 2 rings (SSSR count). The molecule has 1 atom stereocenters. The number of hydrogen-bond acceptors (Lipinski definition) is 3. The van der Waals surface area contributed by atoms with E-state index in [1.807, 2.05) is 24.3 Å². The maximum Gasteiger partial charge on any atom is 0.325 e. The van der Waals surface area contributed by atoms with Gasteiger partial charge in [0.2, 0.25) is 0 Å². The van der Waals surface area contributed by atoms with E-state index in [4.69, 9.17) is 10.8 Å². The summed E-state index contributed by atoms with van der Waals surface area (Å²) >= 11 is 0. The van der Waals surface area contributed by atoms with Crippen LogP contribution in [0.25, 0.3) is 5.52 Å². The van der Waals surface area contributed by atoms with Crippen molar-refractivity contribution in [2.45, 2.75) is 19.9 Å². The Morgan fingerprint density at radius 1 is 1.50 bits per heavy atom. The van der Waals surface area contributed by atoms with Crippen molar-refractivity contribution in [3.8, 4) is 0 Å². The molecule has 84 valence electrons. The molecule has 5 nitrogen and oxygen atoms in total. The van der Waals surface area contributed by atoms with Crippen molar-refractivity contribution in [2.24, 2.45) is 5.73 Å². The number of nitrogens with zero attached hydrogens (tertiary/aromatic N) is 2. The Bertz CT molecular complexity index is 560. The van der Waals surface area contributed by atoms with E-state index in [0.717, 1.165) is 17.0 Å². The van der Waals surface area contributed by atoms with Crippen LogP contribution in [-0.4, -0.2) is 20.5 Å². The van der Waals surface area contributed by atoms with Crippen molar-refractivity contribution in [1.82, 2.24) is 9.38 Å². The van der Waals surface area contributed by atoms with Crippen LogP contribution in [0.3, 0.4) is 0 Å². The first-order valence-electron chi connectivity index (χ1n) is 4.94. The molecule has 2 heterocycles. The van der Waals surface area contributed by atoms with Crippen LogP contribution in [0.1, 0.15) is 23.1 Å². The summed E-state index contributed by atoms with van der Waals surface area (Å²) in [6.45, 7) is 3.79. The third kappa shape index (κ3) is 1.55. The zero-order chi connectivity index (χ0) is 11.9. The predicted octanol–water partition coefficient (Wildman–Crippen LogP) is 1.04. The molecule has 0 aliphatic rings. The number of rotatable bonds is 2. The zero-order valence-corrected chi connectivity index (χ0v) is 9.14. The van der Waals surface area contributed by atoms with Gasteiger partial charge in [0.05, 0.1) is 11.2 Å². The Hall–Kier alpha value is -1.88. The molecule has 0 amide bonds. The van der Waals surface area contributed by atoms with E-state index in [-0.39, 0.29) is 0 Å². The van der Waals surface area contributed by atoms with Crippen molar-refractivity contribution in [3.63, 3.8) is 0 Å². The molecule has 0 saturated carbocycles. The lowest BCUT2D eigenvalue weighted by Crippen LogP contribution is -2.20. The first-order chi connectivity index (χ1) is 7.50. The van der Waals surface area contributed by atoms with Gasteiger partial charge in [0.15, 0.2) is 0 Å². The van der Waals surface area contributed by atoms with Crippen molar-refractivity contribution in [1.29, 1.82) is 0 Å². The van der Waals surface area contributed by atoms with Gasteiger partial charge >= 0.3 is 5.97 Å². The molecule has 0 fully saturated rings. The first kappa shape index (κ1) is 10.6. The summed E-state index contributed by atoms with van der Waals surface area (Å²) in [6.07, 6.45) is 1.73. The minimum Gasteiger partial charge on any atom is -0.480 e. The summed E-state index contributed by atoms with van der Waals surface area (Å²) in [5.74, 6) is -0.208. The predicted molar refractivity (Wildman–Crippen MR) is 59.2 cm³/mol. The van der Waals surface area contributed by atoms with Gasteiger partial charge in [0, 0.05) is 6.20 Å². The second kappa shape index (κ2) is 3.61. The molecular formula is C11H13N3O2. The second-order valence-electron chi connectivity index (χ2n) is 3.78. The van der Waals surface area contributed by atoms with Gasteiger partial charge in [-0.05, 0) is 25.5 Å². The van der Waals surface area contributed by atoms with Crippen molar-refractivity contribution in [2.75, 3.05) is 0 Å². The SMILES string of the molecule is Cc1nc(C)n2cc(C(N)C(=O)O)ccc12. The summed E-state index contributed by atoms with van der Waals surface area (Å²) < 4.78 is 1.85. The number of aromatic nitrogens is 2. The van der Waals surface area contributed by atoms with Gasteiger partial charge in [-0.2, -0.15) is 0 Å². The van der Waals surface area contributed by atoms with E-state index in [2.05, 4.69) is 4.98 Å². The lowest BCUT2D eigenvalue weighted by Gasteiger charge is -2.07. The summed E-state index contributed by atoms with van der Waals surface area (Å²) in [4.78, 5) is 15.1. The minimum absolute atomic E-state index is 0.570. The molecule has 16 heavy (non-hydrogen) atoms. The molecule has 0 spiro atoms.